The van der Waals surface area contributed by atoms with Crippen LogP contribution in [0.25, 0.3) is 11.4 Å². The van der Waals surface area contributed by atoms with Gasteiger partial charge in [-0.2, -0.15) is 4.98 Å². The van der Waals surface area contributed by atoms with E-state index in [0.717, 1.165) is 42.4 Å². The van der Waals surface area contributed by atoms with Crippen LogP contribution in [0.1, 0.15) is 12.0 Å². The average Bonchev–Trinajstić information content (AvgIpc) is 2.97. The van der Waals surface area contributed by atoms with Crippen LogP contribution in [0.15, 0.2) is 18.5 Å². The maximum absolute atomic E-state index is 5.88. The molecule has 94 valence electrons. The van der Waals surface area contributed by atoms with Crippen molar-refractivity contribution in [3.63, 3.8) is 0 Å². The van der Waals surface area contributed by atoms with Crippen LogP contribution in [0, 0.1) is 6.92 Å². The van der Waals surface area contributed by atoms with Gasteiger partial charge in [0, 0.05) is 37.1 Å². The van der Waals surface area contributed by atoms with Crippen LogP contribution >= 0.6 is 0 Å². The van der Waals surface area contributed by atoms with Crippen LogP contribution in [0.5, 0.6) is 0 Å². The van der Waals surface area contributed by atoms with Crippen molar-refractivity contribution in [3.8, 4) is 11.4 Å². The van der Waals surface area contributed by atoms with E-state index in [1.165, 1.54) is 0 Å². The zero-order valence-electron chi connectivity index (χ0n) is 10.3. The summed E-state index contributed by atoms with van der Waals surface area (Å²) in [7, 11) is 0. The zero-order chi connectivity index (χ0) is 12.5. The van der Waals surface area contributed by atoms with Gasteiger partial charge in [0.25, 0.3) is 0 Å². The van der Waals surface area contributed by atoms with Crippen molar-refractivity contribution in [2.45, 2.75) is 19.4 Å². The molecule has 3 N–H and O–H groups in total. The summed E-state index contributed by atoms with van der Waals surface area (Å²) < 4.78 is 0. The van der Waals surface area contributed by atoms with E-state index in [0.29, 0.717) is 0 Å². The van der Waals surface area contributed by atoms with Gasteiger partial charge in [0.1, 0.15) is 0 Å². The predicted molar refractivity (Wildman–Crippen MR) is 69.2 cm³/mol. The Bertz CT molecular complexity index is 549. The summed E-state index contributed by atoms with van der Waals surface area (Å²) in [4.78, 5) is 10.8. The van der Waals surface area contributed by atoms with E-state index in [9.17, 15) is 0 Å². The first-order valence-corrected chi connectivity index (χ1v) is 6.07. The summed E-state index contributed by atoms with van der Waals surface area (Å²) in [5, 5.41) is 7.20. The molecule has 3 heterocycles. The molecule has 6 heteroatoms. The Labute approximate surface area is 105 Å². The molecule has 0 aliphatic carbocycles. The number of H-pyrrole nitrogens is 1. The lowest BCUT2D eigenvalue weighted by Gasteiger charge is -2.11. The standard InChI is InChI=1S/C12H16N6/c1-8-4-9(6-14-5-8)11-15-12(17-16-11)18-3-2-10(13)7-18/h4-6,10H,2-3,7,13H2,1H3,(H,15,16,17). The monoisotopic (exact) mass is 244 g/mol. The minimum absolute atomic E-state index is 0.229. The highest BCUT2D eigenvalue weighted by Crippen LogP contribution is 2.20. The first-order chi connectivity index (χ1) is 8.72. The molecule has 1 aliphatic heterocycles. The van der Waals surface area contributed by atoms with Gasteiger partial charge >= 0.3 is 0 Å². The van der Waals surface area contributed by atoms with Crippen LogP contribution in [0.4, 0.5) is 5.95 Å². The minimum Gasteiger partial charge on any atom is -0.338 e. The van der Waals surface area contributed by atoms with Gasteiger partial charge in [0.05, 0.1) is 0 Å². The lowest BCUT2D eigenvalue weighted by Crippen LogP contribution is -2.26. The molecule has 6 nitrogen and oxygen atoms in total. The minimum atomic E-state index is 0.229. The van der Waals surface area contributed by atoms with Crippen LogP contribution in [-0.2, 0) is 0 Å². The Kier molecular flexibility index (Phi) is 2.71. The van der Waals surface area contributed by atoms with Crippen molar-refractivity contribution < 1.29 is 0 Å². The molecule has 0 aromatic carbocycles. The van der Waals surface area contributed by atoms with E-state index in [4.69, 9.17) is 5.73 Å². The molecule has 1 unspecified atom stereocenters. The number of hydrogen-bond donors (Lipinski definition) is 2. The number of nitrogens with one attached hydrogen (secondary N) is 1. The van der Waals surface area contributed by atoms with Crippen LogP contribution in [0.2, 0.25) is 0 Å². The molecule has 3 rings (SSSR count). The number of pyridine rings is 1. The largest absolute Gasteiger partial charge is 0.338 e. The molecule has 2 aromatic rings. The summed E-state index contributed by atoms with van der Waals surface area (Å²) in [5.41, 5.74) is 7.94. The maximum atomic E-state index is 5.88. The second-order valence-electron chi connectivity index (χ2n) is 4.73. The molecule has 0 radical (unpaired) electrons. The van der Waals surface area contributed by atoms with Crippen molar-refractivity contribution in [1.29, 1.82) is 0 Å². The van der Waals surface area contributed by atoms with E-state index in [1.54, 1.807) is 6.20 Å². The van der Waals surface area contributed by atoms with Gasteiger partial charge in [-0.25, -0.2) is 0 Å². The normalized spacial score (nSPS) is 19.4. The van der Waals surface area contributed by atoms with E-state index >= 15 is 0 Å². The molecular formula is C12H16N6. The summed E-state index contributed by atoms with van der Waals surface area (Å²) in [6.45, 7) is 3.75. The third-order valence-electron chi connectivity index (χ3n) is 3.13. The highest BCUT2D eigenvalue weighted by molar-refractivity contribution is 5.56. The van der Waals surface area contributed by atoms with Crippen LogP contribution < -0.4 is 10.6 Å². The van der Waals surface area contributed by atoms with Gasteiger partial charge in [0.2, 0.25) is 5.95 Å². The SMILES string of the molecule is Cc1cncc(-c2nc(N3CCC(N)C3)n[nH]2)c1. The molecule has 0 saturated carbocycles. The highest BCUT2D eigenvalue weighted by atomic mass is 15.4. The van der Waals surface area contributed by atoms with Gasteiger partial charge in [-0.1, -0.05) is 0 Å². The summed E-state index contributed by atoms with van der Waals surface area (Å²) in [6.07, 6.45) is 4.60. The van der Waals surface area contributed by atoms with Crippen molar-refractivity contribution >= 4 is 5.95 Å². The van der Waals surface area contributed by atoms with Crippen molar-refractivity contribution in [2.24, 2.45) is 5.73 Å². The number of nitrogens with two attached hydrogens (primary N) is 1. The molecule has 1 atom stereocenters. The summed E-state index contributed by atoms with van der Waals surface area (Å²) >= 11 is 0. The quantitative estimate of drug-likeness (QED) is 0.813. The van der Waals surface area contributed by atoms with E-state index in [-0.39, 0.29) is 6.04 Å². The zero-order valence-corrected chi connectivity index (χ0v) is 10.3. The number of rotatable bonds is 2. The van der Waals surface area contributed by atoms with Gasteiger partial charge in [-0.3, -0.25) is 10.1 Å². The third-order valence-corrected chi connectivity index (χ3v) is 3.13. The first-order valence-electron chi connectivity index (χ1n) is 6.07. The third kappa shape index (κ3) is 2.06. The number of anilines is 1. The molecule has 0 bridgehead atoms. The predicted octanol–water partition coefficient (Wildman–Crippen LogP) is 0.713. The Balaban J connectivity index is 1.85. The fraction of sp³-hybridized carbons (Fsp3) is 0.417. The molecule has 0 amide bonds. The second kappa shape index (κ2) is 4.38. The Morgan fingerprint density at radius 2 is 2.33 bits per heavy atom. The average molecular weight is 244 g/mol. The second-order valence-corrected chi connectivity index (χ2v) is 4.73. The fourth-order valence-electron chi connectivity index (χ4n) is 2.18. The highest BCUT2D eigenvalue weighted by Gasteiger charge is 2.22. The smallest absolute Gasteiger partial charge is 0.245 e. The molecular weight excluding hydrogens is 228 g/mol. The lowest BCUT2D eigenvalue weighted by molar-refractivity contribution is 0.750. The van der Waals surface area contributed by atoms with E-state index in [2.05, 4.69) is 25.1 Å². The van der Waals surface area contributed by atoms with E-state index in [1.807, 2.05) is 19.2 Å². The molecule has 1 saturated heterocycles. The van der Waals surface area contributed by atoms with Gasteiger partial charge < -0.3 is 10.6 Å². The first kappa shape index (κ1) is 11.2. The summed E-state index contributed by atoms with van der Waals surface area (Å²) in [6, 6.07) is 2.26. The summed E-state index contributed by atoms with van der Waals surface area (Å²) in [5.74, 6) is 1.47. The molecule has 2 aromatic heterocycles. The number of hydrogen-bond acceptors (Lipinski definition) is 5. The topological polar surface area (TPSA) is 83.7 Å². The van der Waals surface area contributed by atoms with Crippen molar-refractivity contribution in [2.75, 3.05) is 18.0 Å². The van der Waals surface area contributed by atoms with Crippen molar-refractivity contribution in [3.05, 3.63) is 24.0 Å². The Hall–Kier alpha value is -1.95. The number of aryl methyl sites for hydroxylation is 1. The Morgan fingerprint density at radius 3 is 3.06 bits per heavy atom. The number of aromatic amines is 1. The molecule has 0 spiro atoms. The molecule has 1 aliphatic rings. The van der Waals surface area contributed by atoms with Gasteiger partial charge in [-0.05, 0) is 25.0 Å². The lowest BCUT2D eigenvalue weighted by atomic mass is 10.2. The number of nitrogens with zero attached hydrogens (tertiary/aromatic N) is 4. The molecule has 18 heavy (non-hydrogen) atoms. The van der Waals surface area contributed by atoms with E-state index < -0.39 is 0 Å². The van der Waals surface area contributed by atoms with Crippen molar-refractivity contribution in [1.82, 2.24) is 20.2 Å². The van der Waals surface area contributed by atoms with Gasteiger partial charge in [0.15, 0.2) is 5.82 Å². The molecule has 1 fully saturated rings. The van der Waals surface area contributed by atoms with Crippen LogP contribution in [0.3, 0.4) is 0 Å². The fourth-order valence-corrected chi connectivity index (χ4v) is 2.18. The van der Waals surface area contributed by atoms with Crippen LogP contribution in [-0.4, -0.2) is 39.3 Å². The Morgan fingerprint density at radius 1 is 1.44 bits per heavy atom. The van der Waals surface area contributed by atoms with Gasteiger partial charge in [-0.15, -0.1) is 5.10 Å². The maximum Gasteiger partial charge on any atom is 0.245 e. The number of aromatic nitrogens is 4.